The molecule has 21 heavy (non-hydrogen) atoms. The van der Waals surface area contributed by atoms with Crippen LogP contribution < -0.4 is 0 Å². The Balaban J connectivity index is 1.48. The molecule has 0 aromatic heterocycles. The van der Waals surface area contributed by atoms with Crippen molar-refractivity contribution in [1.82, 2.24) is 4.90 Å². The normalized spacial score (nSPS) is 37.6. The predicted octanol–water partition coefficient (Wildman–Crippen LogP) is 2.38. The Hall–Kier alpha value is -1.90. The zero-order valence-electron chi connectivity index (χ0n) is 11.7. The summed E-state index contributed by atoms with van der Waals surface area (Å²) in [5, 5.41) is 0. The largest absolute Gasteiger partial charge is 0.278 e. The molecule has 4 aliphatic rings. The minimum atomic E-state index is -0.0706. The topological polar surface area (TPSA) is 37.4 Å². The van der Waals surface area contributed by atoms with E-state index in [1.165, 1.54) is 17.7 Å². The average Bonchev–Trinajstić information content (AvgIpc) is 3.11. The fourth-order valence-corrected chi connectivity index (χ4v) is 5.06. The van der Waals surface area contributed by atoms with Crippen LogP contribution in [0.2, 0.25) is 0 Å². The van der Waals surface area contributed by atoms with Gasteiger partial charge in [0.2, 0.25) is 11.8 Å². The lowest BCUT2D eigenvalue weighted by molar-refractivity contribution is -0.141. The van der Waals surface area contributed by atoms with E-state index in [4.69, 9.17) is 0 Å². The van der Waals surface area contributed by atoms with Crippen molar-refractivity contribution in [2.24, 2.45) is 29.1 Å². The van der Waals surface area contributed by atoms with Crippen molar-refractivity contribution >= 4 is 11.8 Å². The van der Waals surface area contributed by atoms with E-state index in [9.17, 15) is 9.59 Å². The summed E-state index contributed by atoms with van der Waals surface area (Å²) in [5.74, 6) is 0.640. The van der Waals surface area contributed by atoms with Crippen LogP contribution in [0, 0.1) is 29.1 Å². The van der Waals surface area contributed by atoms with Crippen LogP contribution in [-0.4, -0.2) is 16.7 Å². The SMILES string of the molecule is O=C1C2C3C=CC([C@@H]2C(=O)N1Cc1ccccc1)C31CC1. The van der Waals surface area contributed by atoms with Crippen molar-refractivity contribution in [3.05, 3.63) is 48.0 Å². The molecule has 1 saturated heterocycles. The number of allylic oxidation sites excluding steroid dienone is 2. The number of nitrogens with zero attached hydrogens (tertiary/aromatic N) is 1. The Kier molecular flexibility index (Phi) is 2.04. The summed E-state index contributed by atoms with van der Waals surface area (Å²) in [5.41, 5.74) is 1.32. The van der Waals surface area contributed by atoms with E-state index in [1.54, 1.807) is 0 Å². The van der Waals surface area contributed by atoms with Crippen molar-refractivity contribution < 1.29 is 9.59 Å². The molecule has 3 fully saturated rings. The van der Waals surface area contributed by atoms with E-state index in [-0.39, 0.29) is 23.7 Å². The Bertz CT molecular complexity index is 640. The number of rotatable bonds is 2. The Morgan fingerprint density at radius 3 is 2.05 bits per heavy atom. The lowest BCUT2D eigenvalue weighted by Gasteiger charge is -2.21. The molecule has 2 saturated carbocycles. The smallest absolute Gasteiger partial charge is 0.234 e. The maximum Gasteiger partial charge on any atom is 0.234 e. The van der Waals surface area contributed by atoms with E-state index >= 15 is 0 Å². The number of hydrogen-bond acceptors (Lipinski definition) is 2. The van der Waals surface area contributed by atoms with Crippen molar-refractivity contribution in [2.45, 2.75) is 19.4 Å². The molecule has 3 heteroatoms. The number of imide groups is 1. The molecule has 0 radical (unpaired) electrons. The minimum absolute atomic E-state index is 0.0666. The molecule has 0 N–H and O–H groups in total. The second-order valence-electron chi connectivity index (χ2n) is 6.97. The molecular formula is C18H17NO2. The Labute approximate surface area is 123 Å². The molecule has 3 aliphatic carbocycles. The first kappa shape index (κ1) is 11.7. The second-order valence-corrected chi connectivity index (χ2v) is 6.97. The first-order valence-electron chi connectivity index (χ1n) is 7.80. The fourth-order valence-electron chi connectivity index (χ4n) is 5.06. The van der Waals surface area contributed by atoms with Gasteiger partial charge >= 0.3 is 0 Å². The molecule has 1 spiro atoms. The van der Waals surface area contributed by atoms with Crippen LogP contribution in [0.5, 0.6) is 0 Å². The number of amides is 2. The van der Waals surface area contributed by atoms with Gasteiger partial charge in [-0.05, 0) is 35.7 Å². The number of carbonyl (C=O) groups excluding carboxylic acids is 2. The molecule has 2 bridgehead atoms. The standard InChI is InChI=1S/C18H17NO2/c20-16-14-12-6-7-13(18(12)8-9-18)15(14)17(21)19(16)10-11-4-2-1-3-5-11/h1-7,12-15H,8-10H2/t12?,13?,14-,15?/m0/s1. The van der Waals surface area contributed by atoms with Gasteiger partial charge < -0.3 is 0 Å². The maximum atomic E-state index is 12.8. The summed E-state index contributed by atoms with van der Waals surface area (Å²) in [6.45, 7) is 0.429. The van der Waals surface area contributed by atoms with Gasteiger partial charge in [-0.2, -0.15) is 0 Å². The maximum absolute atomic E-state index is 12.8. The fraction of sp³-hybridized carbons (Fsp3) is 0.444. The van der Waals surface area contributed by atoms with Crippen LogP contribution >= 0.6 is 0 Å². The molecule has 3 nitrogen and oxygen atoms in total. The summed E-state index contributed by atoms with van der Waals surface area (Å²) >= 11 is 0. The Morgan fingerprint density at radius 2 is 1.52 bits per heavy atom. The lowest BCUT2D eigenvalue weighted by atomic mass is 9.85. The third-order valence-corrected chi connectivity index (χ3v) is 6.13. The zero-order valence-corrected chi connectivity index (χ0v) is 11.7. The molecule has 5 rings (SSSR count). The summed E-state index contributed by atoms with van der Waals surface area (Å²) in [4.78, 5) is 27.1. The monoisotopic (exact) mass is 279 g/mol. The third-order valence-electron chi connectivity index (χ3n) is 6.13. The summed E-state index contributed by atoms with van der Waals surface area (Å²) in [6.07, 6.45) is 6.83. The average molecular weight is 279 g/mol. The van der Waals surface area contributed by atoms with E-state index in [2.05, 4.69) is 12.2 Å². The summed E-state index contributed by atoms with van der Waals surface area (Å²) in [6, 6.07) is 9.80. The number of likely N-dealkylation sites (tertiary alicyclic amines) is 1. The minimum Gasteiger partial charge on any atom is -0.278 e. The zero-order chi connectivity index (χ0) is 14.2. The van der Waals surface area contributed by atoms with Crippen LogP contribution in [0.15, 0.2) is 42.5 Å². The highest BCUT2D eigenvalue weighted by atomic mass is 16.2. The van der Waals surface area contributed by atoms with Gasteiger partial charge in [-0.25, -0.2) is 0 Å². The number of benzene rings is 1. The molecule has 3 unspecified atom stereocenters. The van der Waals surface area contributed by atoms with Crippen molar-refractivity contribution in [3.8, 4) is 0 Å². The van der Waals surface area contributed by atoms with Crippen LogP contribution in [0.4, 0.5) is 0 Å². The van der Waals surface area contributed by atoms with Gasteiger partial charge in [0.15, 0.2) is 0 Å². The first-order valence-corrected chi connectivity index (χ1v) is 7.80. The van der Waals surface area contributed by atoms with E-state index in [0.717, 1.165) is 5.56 Å². The highest BCUT2D eigenvalue weighted by Crippen LogP contribution is 2.73. The van der Waals surface area contributed by atoms with Gasteiger partial charge in [-0.1, -0.05) is 42.5 Å². The van der Waals surface area contributed by atoms with Gasteiger partial charge in [0.05, 0.1) is 18.4 Å². The Morgan fingerprint density at radius 1 is 0.952 bits per heavy atom. The quantitative estimate of drug-likeness (QED) is 0.616. The summed E-state index contributed by atoms with van der Waals surface area (Å²) < 4.78 is 0. The van der Waals surface area contributed by atoms with Crippen LogP contribution in [0.3, 0.4) is 0 Å². The van der Waals surface area contributed by atoms with Crippen LogP contribution in [-0.2, 0) is 16.1 Å². The van der Waals surface area contributed by atoms with Gasteiger partial charge in [0, 0.05) is 0 Å². The van der Waals surface area contributed by atoms with Crippen molar-refractivity contribution in [3.63, 3.8) is 0 Å². The molecule has 1 aliphatic heterocycles. The summed E-state index contributed by atoms with van der Waals surface area (Å²) in [7, 11) is 0. The van der Waals surface area contributed by atoms with Crippen molar-refractivity contribution in [2.75, 3.05) is 0 Å². The van der Waals surface area contributed by atoms with Crippen LogP contribution in [0.1, 0.15) is 18.4 Å². The highest BCUT2D eigenvalue weighted by Gasteiger charge is 2.73. The number of fused-ring (bicyclic) bond motifs is 3. The molecule has 1 aromatic carbocycles. The van der Waals surface area contributed by atoms with Gasteiger partial charge in [-0.3, -0.25) is 14.5 Å². The molecule has 1 heterocycles. The molecule has 1 aromatic rings. The molecule has 4 atom stereocenters. The van der Waals surface area contributed by atoms with Gasteiger partial charge in [-0.15, -0.1) is 0 Å². The first-order chi connectivity index (χ1) is 10.2. The molecule has 2 amide bonds. The van der Waals surface area contributed by atoms with E-state index in [0.29, 0.717) is 23.8 Å². The highest BCUT2D eigenvalue weighted by molar-refractivity contribution is 6.06. The number of hydrogen-bond donors (Lipinski definition) is 0. The second kappa shape index (κ2) is 3.65. The van der Waals surface area contributed by atoms with Crippen molar-refractivity contribution in [1.29, 1.82) is 0 Å². The predicted molar refractivity (Wildman–Crippen MR) is 76.8 cm³/mol. The van der Waals surface area contributed by atoms with Gasteiger partial charge in [0.25, 0.3) is 0 Å². The number of carbonyl (C=O) groups is 2. The molecular weight excluding hydrogens is 262 g/mol. The molecule has 106 valence electrons. The lowest BCUT2D eigenvalue weighted by Crippen LogP contribution is -2.34. The van der Waals surface area contributed by atoms with E-state index in [1.807, 2.05) is 30.3 Å². The van der Waals surface area contributed by atoms with Gasteiger partial charge in [0.1, 0.15) is 0 Å². The van der Waals surface area contributed by atoms with Crippen LogP contribution in [0.25, 0.3) is 0 Å². The third kappa shape index (κ3) is 1.30. The van der Waals surface area contributed by atoms with E-state index < -0.39 is 0 Å².